The van der Waals surface area contributed by atoms with Crippen molar-refractivity contribution < 1.29 is 0 Å². The lowest BCUT2D eigenvalue weighted by Gasteiger charge is -2.11. The average molecular weight is 80.1 g/mol. The lowest BCUT2D eigenvalue weighted by Crippen LogP contribution is -1.74. The molecule has 0 aromatic carbocycles. The minimum atomic E-state index is 0.858. The Morgan fingerprint density at radius 3 is 2.50 bits per heavy atom. The molecule has 0 saturated heterocycles. The zero-order valence-electron chi connectivity index (χ0n) is 3.46. The Bertz CT molecular complexity index is 69.9. The first kappa shape index (κ1) is 3.47. The van der Waals surface area contributed by atoms with E-state index in [1.54, 1.807) is 6.20 Å². The third kappa shape index (κ3) is 0.612. The van der Waals surface area contributed by atoms with Crippen LogP contribution in [0.25, 0.3) is 5.32 Å². The highest BCUT2D eigenvalue weighted by Crippen LogP contribution is 1.94. The highest BCUT2D eigenvalue weighted by atomic mass is 14.8. The highest BCUT2D eigenvalue weighted by Gasteiger charge is 1.62. The second-order valence-corrected chi connectivity index (χ2v) is 1.13. The molecule has 0 radical (unpaired) electrons. The van der Waals surface area contributed by atoms with Gasteiger partial charge in [-0.2, -0.15) is 6.20 Å². The minimum absolute atomic E-state index is 0.858. The van der Waals surface area contributed by atoms with E-state index in [9.17, 15) is 0 Å². The number of nitrogens with zero attached hydrogens (tertiary/aromatic N) is 1. The third-order valence-electron chi connectivity index (χ3n) is 0.649. The molecule has 0 aromatic heterocycles. The largest absolute Gasteiger partial charge is 0.687 e. The Hall–Kier alpha value is -0.720. The molecule has 0 amide bonds. The van der Waals surface area contributed by atoms with Gasteiger partial charge in [-0.3, -0.25) is 0 Å². The lowest BCUT2D eigenvalue weighted by molar-refractivity contribution is 1.41. The predicted molar refractivity (Wildman–Crippen MR) is 26.5 cm³/mol. The summed E-state index contributed by atoms with van der Waals surface area (Å²) in [4.78, 5) is 0. The normalized spacial score (nSPS) is 17.3. The van der Waals surface area contributed by atoms with Crippen LogP contribution in [0.15, 0.2) is 24.4 Å². The van der Waals surface area contributed by atoms with E-state index in [-0.39, 0.29) is 0 Å². The molecule has 0 spiro atoms. The van der Waals surface area contributed by atoms with Crippen LogP contribution in [0.3, 0.4) is 0 Å². The van der Waals surface area contributed by atoms with Gasteiger partial charge in [0.1, 0.15) is 0 Å². The molecule has 0 aromatic rings. The average Bonchev–Trinajstić information content (AvgIpc) is 1.72. The monoisotopic (exact) mass is 80.1 g/mol. The van der Waals surface area contributed by atoms with Gasteiger partial charge in [-0.25, -0.2) is 0 Å². The van der Waals surface area contributed by atoms with Crippen molar-refractivity contribution in [3.05, 3.63) is 29.7 Å². The van der Waals surface area contributed by atoms with E-state index in [0.29, 0.717) is 0 Å². The molecule has 0 atom stereocenters. The molecule has 1 aliphatic rings. The van der Waals surface area contributed by atoms with Gasteiger partial charge in [0.15, 0.2) is 0 Å². The number of hydrogen-bond donors (Lipinski definition) is 0. The molecular weight excluding hydrogens is 74.1 g/mol. The number of hydrogen-bond acceptors (Lipinski definition) is 0. The van der Waals surface area contributed by atoms with Crippen LogP contribution >= 0.6 is 0 Å². The van der Waals surface area contributed by atoms with Crippen molar-refractivity contribution in [2.75, 3.05) is 6.54 Å². The van der Waals surface area contributed by atoms with Crippen molar-refractivity contribution in [2.24, 2.45) is 0 Å². The summed E-state index contributed by atoms with van der Waals surface area (Å²) < 4.78 is 0. The molecule has 1 nitrogen and oxygen atoms in total. The van der Waals surface area contributed by atoms with Crippen LogP contribution in [0.2, 0.25) is 0 Å². The van der Waals surface area contributed by atoms with Crippen LogP contribution in [0.4, 0.5) is 0 Å². The molecule has 0 aliphatic carbocycles. The molecule has 0 fully saturated rings. The summed E-state index contributed by atoms with van der Waals surface area (Å²) in [6, 6.07) is 0. The maximum Gasteiger partial charge on any atom is -0.0696 e. The summed E-state index contributed by atoms with van der Waals surface area (Å²) in [5.74, 6) is 0. The first-order valence-corrected chi connectivity index (χ1v) is 1.98. The Morgan fingerprint density at radius 2 is 2.33 bits per heavy atom. The van der Waals surface area contributed by atoms with Gasteiger partial charge in [0.05, 0.1) is 0 Å². The zero-order valence-corrected chi connectivity index (χ0v) is 3.46. The van der Waals surface area contributed by atoms with E-state index in [0.717, 1.165) is 6.54 Å². The van der Waals surface area contributed by atoms with Crippen LogP contribution < -0.4 is 0 Å². The van der Waals surface area contributed by atoms with Crippen LogP contribution in [0.1, 0.15) is 0 Å². The van der Waals surface area contributed by atoms with Gasteiger partial charge in [-0.15, -0.1) is 12.6 Å². The maximum atomic E-state index is 3.91. The Kier molecular flexibility index (Phi) is 0.955. The van der Waals surface area contributed by atoms with Gasteiger partial charge in [-0.05, 0) is 0 Å². The van der Waals surface area contributed by atoms with Crippen LogP contribution in [0.5, 0.6) is 0 Å². The Morgan fingerprint density at radius 1 is 1.33 bits per heavy atom. The molecule has 6 heavy (non-hydrogen) atoms. The fraction of sp³-hybridized carbons (Fsp3) is 0.200. The van der Waals surface area contributed by atoms with Gasteiger partial charge >= 0.3 is 0 Å². The molecule has 1 heteroatoms. The second-order valence-electron chi connectivity index (χ2n) is 1.13. The fourth-order valence-corrected chi connectivity index (χ4v) is 0.372. The summed E-state index contributed by atoms with van der Waals surface area (Å²) in [5.41, 5.74) is 0. The number of allylic oxidation sites excluding steroid dienone is 2. The smallest absolute Gasteiger partial charge is 0.0696 e. The summed E-state index contributed by atoms with van der Waals surface area (Å²) in [5, 5.41) is 3.91. The first-order valence-electron chi connectivity index (χ1n) is 1.98. The van der Waals surface area contributed by atoms with E-state index in [4.69, 9.17) is 0 Å². The molecule has 0 saturated carbocycles. The van der Waals surface area contributed by atoms with E-state index >= 15 is 0 Å². The van der Waals surface area contributed by atoms with E-state index in [1.807, 2.05) is 18.2 Å². The maximum absolute atomic E-state index is 3.91. The molecule has 1 aliphatic heterocycles. The van der Waals surface area contributed by atoms with Crippen LogP contribution in [0, 0.1) is 0 Å². The van der Waals surface area contributed by atoms with Crippen molar-refractivity contribution in [1.82, 2.24) is 0 Å². The molecule has 0 bridgehead atoms. The van der Waals surface area contributed by atoms with Crippen molar-refractivity contribution in [2.45, 2.75) is 0 Å². The van der Waals surface area contributed by atoms with E-state index < -0.39 is 0 Å². The summed E-state index contributed by atoms with van der Waals surface area (Å²) >= 11 is 0. The van der Waals surface area contributed by atoms with Gasteiger partial charge in [0.25, 0.3) is 0 Å². The van der Waals surface area contributed by atoms with Gasteiger partial charge in [0, 0.05) is 0 Å². The SMILES string of the molecule is C1=CC[N-]C=C1. The zero-order chi connectivity index (χ0) is 4.24. The van der Waals surface area contributed by atoms with Crippen molar-refractivity contribution in [1.29, 1.82) is 0 Å². The standard InChI is InChI=1S/C5H6N/c1-2-4-6-5-3-1/h1-4H,5H2/q-1. The summed E-state index contributed by atoms with van der Waals surface area (Å²) in [6.45, 7) is 0.858. The van der Waals surface area contributed by atoms with Gasteiger partial charge in [0.2, 0.25) is 0 Å². The molecule has 0 N–H and O–H groups in total. The molecule has 0 unspecified atom stereocenters. The highest BCUT2D eigenvalue weighted by molar-refractivity contribution is 5.18. The third-order valence-corrected chi connectivity index (χ3v) is 0.649. The molecule has 32 valence electrons. The predicted octanol–water partition coefficient (Wildman–Crippen LogP) is 1.44. The van der Waals surface area contributed by atoms with Crippen molar-refractivity contribution in [3.63, 3.8) is 0 Å². The van der Waals surface area contributed by atoms with E-state index in [1.165, 1.54) is 0 Å². The first-order chi connectivity index (χ1) is 3.00. The topological polar surface area (TPSA) is 14.1 Å². The van der Waals surface area contributed by atoms with Gasteiger partial charge in [-0.1, -0.05) is 12.2 Å². The van der Waals surface area contributed by atoms with Crippen LogP contribution in [-0.4, -0.2) is 6.54 Å². The Labute approximate surface area is 37.4 Å². The minimum Gasteiger partial charge on any atom is -0.687 e. The quantitative estimate of drug-likeness (QED) is 0.418. The molecular formula is C5H6N-. The molecule has 1 rings (SSSR count). The van der Waals surface area contributed by atoms with E-state index in [2.05, 4.69) is 5.32 Å². The van der Waals surface area contributed by atoms with Crippen molar-refractivity contribution >= 4 is 0 Å². The Balaban J connectivity index is 2.46. The summed E-state index contributed by atoms with van der Waals surface area (Å²) in [7, 11) is 0. The van der Waals surface area contributed by atoms with Gasteiger partial charge < -0.3 is 5.32 Å². The van der Waals surface area contributed by atoms with Crippen LogP contribution in [-0.2, 0) is 0 Å². The van der Waals surface area contributed by atoms with Crippen molar-refractivity contribution in [3.8, 4) is 0 Å². The molecule has 1 heterocycles. The lowest BCUT2D eigenvalue weighted by atomic mass is 10.4. The number of rotatable bonds is 0. The second kappa shape index (κ2) is 1.65. The fourth-order valence-electron chi connectivity index (χ4n) is 0.372. The summed E-state index contributed by atoms with van der Waals surface area (Å²) in [6.07, 6.45) is 7.73.